The summed E-state index contributed by atoms with van der Waals surface area (Å²) in [6, 6.07) is 8.11. The molecule has 0 N–H and O–H groups in total. The van der Waals surface area contributed by atoms with Crippen LogP contribution in [0.4, 0.5) is 0 Å². The van der Waals surface area contributed by atoms with Gasteiger partial charge in [-0.05, 0) is 43.9 Å². The Morgan fingerprint density at radius 2 is 1.48 bits per heavy atom. The Morgan fingerprint density at radius 3 is 2.19 bits per heavy atom. The van der Waals surface area contributed by atoms with E-state index in [-0.39, 0.29) is 11.8 Å². The third-order valence-corrected chi connectivity index (χ3v) is 6.86. The highest BCUT2D eigenvalue weighted by Crippen LogP contribution is 2.23. The largest absolute Gasteiger partial charge is 0.342 e. The first kappa shape index (κ1) is 21.8. The second-order valence-corrected chi connectivity index (χ2v) is 8.95. The van der Waals surface area contributed by atoms with Gasteiger partial charge in [-0.2, -0.15) is 0 Å². The van der Waals surface area contributed by atoms with Gasteiger partial charge in [-0.3, -0.25) is 19.5 Å². The summed E-state index contributed by atoms with van der Waals surface area (Å²) in [5.41, 5.74) is 4.11. The maximum atomic E-state index is 13.0. The van der Waals surface area contributed by atoms with Crippen molar-refractivity contribution in [3.05, 3.63) is 41.1 Å². The van der Waals surface area contributed by atoms with Gasteiger partial charge in [0.25, 0.3) is 0 Å². The van der Waals surface area contributed by atoms with Gasteiger partial charge in [0.15, 0.2) is 0 Å². The van der Waals surface area contributed by atoms with Gasteiger partial charge < -0.3 is 9.80 Å². The smallest absolute Gasteiger partial charge is 0.236 e. The summed E-state index contributed by atoms with van der Waals surface area (Å²) in [4.78, 5) is 36.6. The van der Waals surface area contributed by atoms with Crippen molar-refractivity contribution in [2.75, 3.05) is 45.8 Å². The number of hydrogen-bond donors (Lipinski definition) is 0. The van der Waals surface area contributed by atoms with Gasteiger partial charge in [-0.25, -0.2) is 0 Å². The molecule has 31 heavy (non-hydrogen) atoms. The molecular weight excluding hydrogens is 388 g/mol. The van der Waals surface area contributed by atoms with Crippen LogP contribution in [-0.4, -0.2) is 77.3 Å². The molecule has 2 fully saturated rings. The molecule has 6 heteroatoms. The zero-order valence-electron chi connectivity index (χ0n) is 18.9. The van der Waals surface area contributed by atoms with Crippen LogP contribution in [-0.2, 0) is 16.0 Å². The topological polar surface area (TPSA) is 56.8 Å². The highest BCUT2D eigenvalue weighted by atomic mass is 16.2. The van der Waals surface area contributed by atoms with Gasteiger partial charge in [0.2, 0.25) is 11.8 Å². The summed E-state index contributed by atoms with van der Waals surface area (Å²) in [6.45, 7) is 9.26. The summed E-state index contributed by atoms with van der Waals surface area (Å²) >= 11 is 0. The molecule has 2 amide bonds. The summed E-state index contributed by atoms with van der Waals surface area (Å²) in [7, 11) is 0. The predicted molar refractivity (Wildman–Crippen MR) is 123 cm³/mol. The number of para-hydroxylation sites is 1. The van der Waals surface area contributed by atoms with Crippen LogP contribution < -0.4 is 0 Å². The number of pyridine rings is 1. The van der Waals surface area contributed by atoms with Crippen molar-refractivity contribution in [1.82, 2.24) is 19.7 Å². The van der Waals surface area contributed by atoms with Gasteiger partial charge in [0.05, 0.1) is 18.5 Å². The molecule has 166 valence electrons. The first-order valence-electron chi connectivity index (χ1n) is 11.7. The highest BCUT2D eigenvalue weighted by molar-refractivity contribution is 5.86. The number of aromatic nitrogens is 1. The maximum Gasteiger partial charge on any atom is 0.236 e. The van der Waals surface area contributed by atoms with E-state index in [1.807, 2.05) is 34.9 Å². The van der Waals surface area contributed by atoms with Crippen molar-refractivity contribution < 1.29 is 9.59 Å². The molecule has 0 saturated carbocycles. The minimum Gasteiger partial charge on any atom is -0.342 e. The molecule has 2 aromatic rings. The fraction of sp³-hybridized carbons (Fsp3) is 0.560. The Kier molecular flexibility index (Phi) is 6.86. The van der Waals surface area contributed by atoms with E-state index in [0.29, 0.717) is 26.1 Å². The van der Waals surface area contributed by atoms with E-state index in [4.69, 9.17) is 4.98 Å². The third kappa shape index (κ3) is 5.06. The molecule has 0 unspecified atom stereocenters. The number of hydrogen-bond acceptors (Lipinski definition) is 4. The van der Waals surface area contributed by atoms with Crippen LogP contribution in [0.25, 0.3) is 10.9 Å². The van der Waals surface area contributed by atoms with E-state index in [1.54, 1.807) is 0 Å². The van der Waals surface area contributed by atoms with Crippen LogP contribution in [0.2, 0.25) is 0 Å². The zero-order valence-corrected chi connectivity index (χ0v) is 18.9. The van der Waals surface area contributed by atoms with Crippen molar-refractivity contribution in [2.45, 2.75) is 46.0 Å². The van der Waals surface area contributed by atoms with Gasteiger partial charge in [0.1, 0.15) is 0 Å². The molecule has 0 radical (unpaired) electrons. The highest BCUT2D eigenvalue weighted by Gasteiger charge is 2.25. The van der Waals surface area contributed by atoms with Crippen LogP contribution in [0.3, 0.4) is 0 Å². The minimum atomic E-state index is 0.154. The SMILES string of the molecule is Cc1nc2ccccc2c(C)c1CC(=O)N1CCN(CC(=O)N2CCCCCC2)CC1. The first-order valence-corrected chi connectivity index (χ1v) is 11.7. The third-order valence-electron chi connectivity index (χ3n) is 6.86. The van der Waals surface area contributed by atoms with Gasteiger partial charge in [0, 0.05) is 50.3 Å². The lowest BCUT2D eigenvalue weighted by molar-refractivity contribution is -0.134. The van der Waals surface area contributed by atoms with Crippen LogP contribution >= 0.6 is 0 Å². The molecule has 2 aliphatic heterocycles. The second kappa shape index (κ2) is 9.77. The lowest BCUT2D eigenvalue weighted by Crippen LogP contribution is -2.52. The van der Waals surface area contributed by atoms with Gasteiger partial charge >= 0.3 is 0 Å². The molecule has 2 saturated heterocycles. The Bertz CT molecular complexity index is 942. The van der Waals surface area contributed by atoms with E-state index in [2.05, 4.69) is 17.9 Å². The Hall–Kier alpha value is -2.47. The number of rotatable bonds is 4. The van der Waals surface area contributed by atoms with Gasteiger partial charge in [-0.15, -0.1) is 0 Å². The summed E-state index contributed by atoms with van der Waals surface area (Å²) in [5.74, 6) is 0.400. The summed E-state index contributed by atoms with van der Waals surface area (Å²) in [5, 5.41) is 1.12. The Balaban J connectivity index is 1.32. The zero-order chi connectivity index (χ0) is 21.8. The van der Waals surface area contributed by atoms with E-state index in [0.717, 1.165) is 66.7 Å². The number of aryl methyl sites for hydroxylation is 2. The number of nitrogens with zero attached hydrogens (tertiary/aromatic N) is 4. The predicted octanol–water partition coefficient (Wildman–Crippen LogP) is 2.94. The molecule has 0 aliphatic carbocycles. The lowest BCUT2D eigenvalue weighted by atomic mass is 9.99. The molecule has 0 spiro atoms. The molecular formula is C25H34N4O2. The van der Waals surface area contributed by atoms with Crippen molar-refractivity contribution in [3.8, 4) is 0 Å². The van der Waals surface area contributed by atoms with Crippen molar-refractivity contribution in [2.24, 2.45) is 0 Å². The average molecular weight is 423 g/mol. The molecule has 6 nitrogen and oxygen atoms in total. The van der Waals surface area contributed by atoms with Crippen LogP contribution in [0, 0.1) is 13.8 Å². The van der Waals surface area contributed by atoms with E-state index in [9.17, 15) is 9.59 Å². The van der Waals surface area contributed by atoms with Gasteiger partial charge in [-0.1, -0.05) is 31.0 Å². The van der Waals surface area contributed by atoms with E-state index in [1.165, 1.54) is 12.8 Å². The molecule has 1 aromatic carbocycles. The van der Waals surface area contributed by atoms with Crippen molar-refractivity contribution in [1.29, 1.82) is 0 Å². The Morgan fingerprint density at radius 1 is 0.839 bits per heavy atom. The summed E-state index contributed by atoms with van der Waals surface area (Å²) in [6.07, 6.45) is 5.10. The minimum absolute atomic E-state index is 0.154. The Labute approximate surface area is 185 Å². The maximum absolute atomic E-state index is 13.0. The number of carbonyl (C=O) groups excluding carboxylic acids is 2. The number of fused-ring (bicyclic) bond motifs is 1. The first-order chi connectivity index (χ1) is 15.0. The monoisotopic (exact) mass is 422 g/mol. The van der Waals surface area contributed by atoms with Crippen LogP contribution in [0.15, 0.2) is 24.3 Å². The van der Waals surface area contributed by atoms with E-state index < -0.39 is 0 Å². The fourth-order valence-corrected chi connectivity index (χ4v) is 4.86. The number of piperazine rings is 1. The fourth-order valence-electron chi connectivity index (χ4n) is 4.86. The van der Waals surface area contributed by atoms with Crippen molar-refractivity contribution in [3.63, 3.8) is 0 Å². The quantitative estimate of drug-likeness (QED) is 0.760. The average Bonchev–Trinajstić information content (AvgIpc) is 3.07. The number of likely N-dealkylation sites (tertiary alicyclic amines) is 1. The molecule has 2 aliphatic rings. The molecule has 4 rings (SSSR count). The van der Waals surface area contributed by atoms with Crippen LogP contribution in [0.1, 0.15) is 42.5 Å². The van der Waals surface area contributed by atoms with E-state index >= 15 is 0 Å². The standard InChI is InChI=1S/C25H34N4O2/c1-19-21-9-5-6-10-23(21)26-20(2)22(19)17-24(30)29-15-13-27(14-16-29)18-25(31)28-11-7-3-4-8-12-28/h5-6,9-10H,3-4,7-8,11-18H2,1-2H3. The van der Waals surface area contributed by atoms with Crippen molar-refractivity contribution >= 4 is 22.7 Å². The second-order valence-electron chi connectivity index (χ2n) is 8.95. The number of carbonyl (C=O) groups is 2. The molecule has 3 heterocycles. The van der Waals surface area contributed by atoms with Crippen LogP contribution in [0.5, 0.6) is 0 Å². The molecule has 1 aromatic heterocycles. The summed E-state index contributed by atoms with van der Waals surface area (Å²) < 4.78 is 0. The number of benzene rings is 1. The molecule has 0 bridgehead atoms. The lowest BCUT2D eigenvalue weighted by Gasteiger charge is -2.35. The number of amides is 2. The molecule has 0 atom stereocenters. The normalized spacial score (nSPS) is 18.3.